The lowest BCUT2D eigenvalue weighted by atomic mass is 10.2. The Balaban J connectivity index is 1.58. The summed E-state index contributed by atoms with van der Waals surface area (Å²) in [6.45, 7) is 5.25. The monoisotopic (exact) mass is 481 g/mol. The van der Waals surface area contributed by atoms with E-state index in [4.69, 9.17) is 11.6 Å². The minimum atomic E-state index is -3.78. The van der Waals surface area contributed by atoms with Crippen LogP contribution in [0.5, 0.6) is 0 Å². The number of sulfonamides is 1. The number of hydrogen-bond acceptors (Lipinski definition) is 6. The molecule has 3 aromatic rings. The molecule has 10 heteroatoms. The van der Waals surface area contributed by atoms with Gasteiger partial charge in [-0.25, -0.2) is 13.4 Å². The van der Waals surface area contributed by atoms with Crippen molar-refractivity contribution in [3.8, 4) is 10.6 Å². The number of thiazole rings is 1. The van der Waals surface area contributed by atoms with E-state index in [1.807, 2.05) is 18.7 Å². The number of carbonyl (C=O) groups is 1. The molecular formula is C20H20ClN3O3S3. The predicted octanol–water partition coefficient (Wildman–Crippen LogP) is 5.18. The Bertz CT molecular complexity index is 1210. The summed E-state index contributed by atoms with van der Waals surface area (Å²) in [5.41, 5.74) is 2.64. The summed E-state index contributed by atoms with van der Waals surface area (Å²) in [5, 5.41) is 2.73. The third-order valence-corrected chi connectivity index (χ3v) is 9.15. The summed E-state index contributed by atoms with van der Waals surface area (Å²) < 4.78 is 28.3. The summed E-state index contributed by atoms with van der Waals surface area (Å²) in [6, 6.07) is 6.72. The van der Waals surface area contributed by atoms with E-state index in [9.17, 15) is 13.2 Å². The molecule has 0 unspecified atom stereocenters. The molecule has 0 saturated carbocycles. The summed E-state index contributed by atoms with van der Waals surface area (Å²) in [5.74, 6) is 0.00695. The maximum absolute atomic E-state index is 12.8. The van der Waals surface area contributed by atoms with Gasteiger partial charge in [-0.15, -0.1) is 22.7 Å². The molecule has 6 nitrogen and oxygen atoms in total. The number of nitrogens with one attached hydrogen (secondary N) is 1. The summed E-state index contributed by atoms with van der Waals surface area (Å²) in [7, 11) is -3.78. The van der Waals surface area contributed by atoms with Crippen molar-refractivity contribution >= 4 is 55.9 Å². The number of likely N-dealkylation sites (tertiary alicyclic amines) is 1. The van der Waals surface area contributed by atoms with E-state index in [0.29, 0.717) is 31.9 Å². The fourth-order valence-electron chi connectivity index (χ4n) is 3.25. The molecule has 0 radical (unpaired) electrons. The standard InChI is InChI=1S/C20H20ClN3O3S3/c1-12-5-6-16(15(21)9-12)23-30(26,27)17-10-14(11-28-17)19-22-13(2)18(29-19)20(25)24-7-3-4-8-24/h5-6,9-11,23H,3-4,7-8H2,1-2H3. The first-order valence-corrected chi connectivity index (χ1v) is 12.9. The third-order valence-electron chi connectivity index (χ3n) is 4.84. The molecule has 1 N–H and O–H groups in total. The summed E-state index contributed by atoms with van der Waals surface area (Å²) in [6.07, 6.45) is 2.06. The van der Waals surface area contributed by atoms with Crippen LogP contribution in [0.4, 0.5) is 5.69 Å². The number of rotatable bonds is 5. The van der Waals surface area contributed by atoms with E-state index in [-0.39, 0.29) is 10.1 Å². The molecule has 0 spiro atoms. The number of anilines is 1. The van der Waals surface area contributed by atoms with Crippen molar-refractivity contribution in [3.05, 3.63) is 50.8 Å². The Kier molecular flexibility index (Phi) is 5.89. The van der Waals surface area contributed by atoms with Gasteiger partial charge in [-0.1, -0.05) is 17.7 Å². The highest BCUT2D eigenvalue weighted by atomic mass is 35.5. The molecule has 158 valence electrons. The fraction of sp³-hybridized carbons (Fsp3) is 0.300. The number of thiophene rings is 1. The smallest absolute Gasteiger partial charge is 0.271 e. The predicted molar refractivity (Wildman–Crippen MR) is 122 cm³/mol. The lowest BCUT2D eigenvalue weighted by molar-refractivity contribution is 0.0796. The normalized spacial score (nSPS) is 14.3. The average molecular weight is 482 g/mol. The number of carbonyl (C=O) groups excluding carboxylic acids is 1. The Hall–Kier alpha value is -1.94. The van der Waals surface area contributed by atoms with Gasteiger partial charge < -0.3 is 4.90 Å². The number of aromatic nitrogens is 1. The van der Waals surface area contributed by atoms with E-state index in [1.54, 1.807) is 29.6 Å². The van der Waals surface area contributed by atoms with Crippen molar-refractivity contribution in [1.29, 1.82) is 0 Å². The summed E-state index contributed by atoms with van der Waals surface area (Å²) in [4.78, 5) is 19.7. The van der Waals surface area contributed by atoms with Crippen molar-refractivity contribution in [2.24, 2.45) is 0 Å². The minimum Gasteiger partial charge on any atom is -0.338 e. The molecule has 1 aromatic carbocycles. The highest BCUT2D eigenvalue weighted by molar-refractivity contribution is 7.94. The SMILES string of the molecule is Cc1ccc(NS(=O)(=O)c2cc(-c3nc(C)c(C(=O)N4CCCC4)s3)cs2)c(Cl)c1. The van der Waals surface area contributed by atoms with Crippen LogP contribution in [0, 0.1) is 13.8 Å². The molecule has 0 atom stereocenters. The van der Waals surface area contributed by atoms with Crippen molar-refractivity contribution < 1.29 is 13.2 Å². The zero-order valence-electron chi connectivity index (χ0n) is 16.4. The fourth-order valence-corrected chi connectivity index (χ4v) is 6.93. The number of hydrogen-bond donors (Lipinski definition) is 1. The second-order valence-corrected chi connectivity index (χ2v) is 11.4. The highest BCUT2D eigenvalue weighted by Gasteiger charge is 2.25. The second-order valence-electron chi connectivity index (χ2n) is 7.18. The first-order chi connectivity index (χ1) is 14.2. The quantitative estimate of drug-likeness (QED) is 0.544. The first kappa shape index (κ1) is 21.3. The van der Waals surface area contributed by atoms with Crippen LogP contribution in [-0.2, 0) is 10.0 Å². The van der Waals surface area contributed by atoms with Crippen molar-refractivity contribution in [2.45, 2.75) is 30.9 Å². The van der Waals surface area contributed by atoms with Crippen LogP contribution in [-0.4, -0.2) is 37.3 Å². The molecule has 1 aliphatic heterocycles. The van der Waals surface area contributed by atoms with Crippen LogP contribution in [0.3, 0.4) is 0 Å². The van der Waals surface area contributed by atoms with E-state index < -0.39 is 10.0 Å². The van der Waals surface area contributed by atoms with Gasteiger partial charge in [0, 0.05) is 24.0 Å². The molecule has 1 aliphatic rings. The van der Waals surface area contributed by atoms with Gasteiger partial charge in [0.1, 0.15) is 14.1 Å². The highest BCUT2D eigenvalue weighted by Crippen LogP contribution is 2.35. The van der Waals surface area contributed by atoms with Crippen molar-refractivity contribution in [2.75, 3.05) is 17.8 Å². The molecule has 4 rings (SSSR count). The van der Waals surface area contributed by atoms with Crippen LogP contribution in [0.1, 0.15) is 33.8 Å². The molecule has 1 saturated heterocycles. The second kappa shape index (κ2) is 8.30. The Morgan fingerprint density at radius 2 is 1.93 bits per heavy atom. The minimum absolute atomic E-state index is 0.00695. The maximum atomic E-state index is 12.8. The molecule has 3 heterocycles. The first-order valence-electron chi connectivity index (χ1n) is 9.39. The number of amides is 1. The third kappa shape index (κ3) is 4.25. The van der Waals surface area contributed by atoms with Gasteiger partial charge in [-0.3, -0.25) is 9.52 Å². The lowest BCUT2D eigenvalue weighted by Crippen LogP contribution is -2.27. The van der Waals surface area contributed by atoms with E-state index in [2.05, 4.69) is 9.71 Å². The molecule has 0 aliphatic carbocycles. The molecule has 30 heavy (non-hydrogen) atoms. The Morgan fingerprint density at radius 1 is 1.20 bits per heavy atom. The van der Waals surface area contributed by atoms with Gasteiger partial charge in [-0.2, -0.15) is 0 Å². The topological polar surface area (TPSA) is 79.4 Å². The largest absolute Gasteiger partial charge is 0.338 e. The number of aryl methyl sites for hydroxylation is 2. The van der Waals surface area contributed by atoms with Gasteiger partial charge >= 0.3 is 0 Å². The van der Waals surface area contributed by atoms with Crippen LogP contribution in [0.15, 0.2) is 33.9 Å². The Morgan fingerprint density at radius 3 is 2.63 bits per heavy atom. The lowest BCUT2D eigenvalue weighted by Gasteiger charge is -2.13. The van der Waals surface area contributed by atoms with Crippen LogP contribution >= 0.6 is 34.3 Å². The molecule has 0 bridgehead atoms. The van der Waals surface area contributed by atoms with Gasteiger partial charge in [0.15, 0.2) is 0 Å². The van der Waals surface area contributed by atoms with E-state index in [0.717, 1.165) is 42.8 Å². The molecule has 2 aromatic heterocycles. The zero-order valence-corrected chi connectivity index (χ0v) is 19.6. The number of halogens is 1. The molecule has 1 amide bonds. The molecule has 1 fully saturated rings. The number of benzene rings is 1. The zero-order chi connectivity index (χ0) is 21.5. The maximum Gasteiger partial charge on any atom is 0.271 e. The van der Waals surface area contributed by atoms with Gasteiger partial charge in [0.25, 0.3) is 15.9 Å². The van der Waals surface area contributed by atoms with Crippen molar-refractivity contribution in [3.63, 3.8) is 0 Å². The van der Waals surface area contributed by atoms with E-state index >= 15 is 0 Å². The van der Waals surface area contributed by atoms with Crippen molar-refractivity contribution in [1.82, 2.24) is 9.88 Å². The van der Waals surface area contributed by atoms with Gasteiger partial charge in [0.05, 0.1) is 16.4 Å². The van der Waals surface area contributed by atoms with E-state index in [1.165, 1.54) is 11.3 Å². The van der Waals surface area contributed by atoms with Crippen LogP contribution in [0.25, 0.3) is 10.6 Å². The van der Waals surface area contributed by atoms with Crippen LogP contribution in [0.2, 0.25) is 5.02 Å². The number of nitrogens with zero attached hydrogens (tertiary/aromatic N) is 2. The summed E-state index contributed by atoms with van der Waals surface area (Å²) >= 11 is 8.57. The average Bonchev–Trinajstić information content (AvgIpc) is 3.43. The molecular weight excluding hydrogens is 462 g/mol. The Labute approximate surface area is 188 Å². The van der Waals surface area contributed by atoms with Gasteiger partial charge in [0.2, 0.25) is 0 Å². The van der Waals surface area contributed by atoms with Crippen LogP contribution < -0.4 is 4.72 Å². The van der Waals surface area contributed by atoms with Gasteiger partial charge in [-0.05, 0) is 50.5 Å².